The zero-order valence-corrected chi connectivity index (χ0v) is 11.5. The van der Waals surface area contributed by atoms with Gasteiger partial charge < -0.3 is 11.1 Å². The Morgan fingerprint density at radius 1 is 1.45 bits per heavy atom. The van der Waals surface area contributed by atoms with Crippen molar-refractivity contribution in [2.75, 3.05) is 5.32 Å². The first-order valence-corrected chi connectivity index (χ1v) is 6.73. The molecule has 0 spiro atoms. The Bertz CT molecular complexity index is 536. The van der Waals surface area contributed by atoms with Gasteiger partial charge in [0.1, 0.15) is 0 Å². The van der Waals surface area contributed by atoms with Gasteiger partial charge in [0.25, 0.3) is 5.69 Å². The van der Waals surface area contributed by atoms with Crippen molar-refractivity contribution in [2.24, 2.45) is 5.73 Å². The highest BCUT2D eigenvalue weighted by Crippen LogP contribution is 2.30. The Hall–Kier alpha value is -1.95. The number of nitro groups is 1. The van der Waals surface area contributed by atoms with Crippen molar-refractivity contribution in [2.45, 2.75) is 44.6 Å². The van der Waals surface area contributed by atoms with E-state index in [1.165, 1.54) is 12.1 Å². The van der Waals surface area contributed by atoms with Gasteiger partial charge in [0.15, 0.2) is 0 Å². The summed E-state index contributed by atoms with van der Waals surface area (Å²) in [6.07, 6.45) is 4.18. The maximum absolute atomic E-state index is 12.0. The summed E-state index contributed by atoms with van der Waals surface area (Å²) in [4.78, 5) is 22.2. The Morgan fingerprint density at radius 2 is 2.10 bits per heavy atom. The lowest BCUT2D eigenvalue weighted by molar-refractivity contribution is -0.384. The minimum Gasteiger partial charge on any atom is -0.326 e. The average Bonchev–Trinajstić information content (AvgIpc) is 2.77. The van der Waals surface area contributed by atoms with Gasteiger partial charge in [0.05, 0.1) is 4.92 Å². The molecule has 0 aliphatic heterocycles. The predicted molar refractivity (Wildman–Crippen MR) is 76.5 cm³/mol. The van der Waals surface area contributed by atoms with E-state index in [-0.39, 0.29) is 11.6 Å². The summed E-state index contributed by atoms with van der Waals surface area (Å²) >= 11 is 0. The number of anilines is 1. The zero-order chi connectivity index (χ0) is 14.8. The number of carbonyl (C=O) groups is 1. The molecule has 0 heterocycles. The minimum atomic E-state index is -0.452. The maximum atomic E-state index is 12.0. The van der Waals surface area contributed by atoms with Gasteiger partial charge in [-0.25, -0.2) is 0 Å². The predicted octanol–water partition coefficient (Wildman–Crippen LogP) is 2.50. The van der Waals surface area contributed by atoms with E-state index in [0.29, 0.717) is 17.7 Å². The number of amides is 1. The molecule has 0 aromatic heterocycles. The number of aryl methyl sites for hydroxylation is 1. The minimum absolute atomic E-state index is 0.0200. The number of nitrogens with zero attached hydrogens (tertiary/aromatic N) is 1. The highest BCUT2D eigenvalue weighted by Gasteiger charge is 2.31. The van der Waals surface area contributed by atoms with Crippen LogP contribution in [0, 0.1) is 17.0 Å². The number of non-ortho nitro benzene ring substituents is 1. The molecule has 0 radical (unpaired) electrons. The molecule has 0 atom stereocenters. The van der Waals surface area contributed by atoms with Gasteiger partial charge in [-0.3, -0.25) is 14.9 Å². The third kappa shape index (κ3) is 3.33. The van der Waals surface area contributed by atoms with Crippen LogP contribution in [0.1, 0.15) is 37.7 Å². The fourth-order valence-electron chi connectivity index (χ4n) is 2.67. The lowest BCUT2D eigenvalue weighted by Crippen LogP contribution is -2.40. The van der Waals surface area contributed by atoms with E-state index in [4.69, 9.17) is 5.73 Å². The van der Waals surface area contributed by atoms with E-state index in [1.807, 2.05) is 0 Å². The Morgan fingerprint density at radius 3 is 2.65 bits per heavy atom. The molecule has 20 heavy (non-hydrogen) atoms. The monoisotopic (exact) mass is 277 g/mol. The van der Waals surface area contributed by atoms with Crippen LogP contribution in [0.5, 0.6) is 0 Å². The molecule has 108 valence electrons. The van der Waals surface area contributed by atoms with Crippen LogP contribution in [0.4, 0.5) is 11.4 Å². The summed E-state index contributed by atoms with van der Waals surface area (Å²) in [7, 11) is 0. The first-order chi connectivity index (χ1) is 9.39. The molecule has 1 saturated carbocycles. The molecule has 1 amide bonds. The van der Waals surface area contributed by atoms with E-state index in [9.17, 15) is 14.9 Å². The standard InChI is InChI=1S/C14H19N3O3/c1-10-8-11(17(19)20)4-5-12(10)16-13(18)9-14(15)6-2-3-7-14/h4-5,8H,2-3,6-7,9,15H2,1H3,(H,16,18). The summed E-state index contributed by atoms with van der Waals surface area (Å²) in [5, 5.41) is 13.4. The van der Waals surface area contributed by atoms with E-state index in [1.54, 1.807) is 13.0 Å². The van der Waals surface area contributed by atoms with Crippen LogP contribution >= 0.6 is 0 Å². The van der Waals surface area contributed by atoms with Crippen LogP contribution in [-0.4, -0.2) is 16.4 Å². The van der Waals surface area contributed by atoms with Crippen LogP contribution in [0.2, 0.25) is 0 Å². The molecule has 1 aromatic rings. The first-order valence-electron chi connectivity index (χ1n) is 6.73. The maximum Gasteiger partial charge on any atom is 0.269 e. The highest BCUT2D eigenvalue weighted by molar-refractivity contribution is 5.92. The number of nitrogens with two attached hydrogens (primary N) is 1. The molecule has 6 heteroatoms. The van der Waals surface area contributed by atoms with Gasteiger partial charge in [-0.05, 0) is 31.4 Å². The van der Waals surface area contributed by atoms with Gasteiger partial charge in [0, 0.05) is 29.8 Å². The molecule has 1 aliphatic rings. The van der Waals surface area contributed by atoms with E-state index < -0.39 is 10.5 Å². The number of nitrogens with one attached hydrogen (secondary N) is 1. The van der Waals surface area contributed by atoms with Crippen LogP contribution in [0.15, 0.2) is 18.2 Å². The SMILES string of the molecule is Cc1cc([N+](=O)[O-])ccc1NC(=O)CC1(N)CCCC1. The van der Waals surface area contributed by atoms with Gasteiger partial charge >= 0.3 is 0 Å². The van der Waals surface area contributed by atoms with E-state index in [0.717, 1.165) is 25.7 Å². The normalized spacial score (nSPS) is 16.9. The van der Waals surface area contributed by atoms with Crippen molar-refractivity contribution >= 4 is 17.3 Å². The zero-order valence-electron chi connectivity index (χ0n) is 11.5. The largest absolute Gasteiger partial charge is 0.326 e. The average molecular weight is 277 g/mol. The number of carbonyl (C=O) groups excluding carboxylic acids is 1. The molecular weight excluding hydrogens is 258 g/mol. The van der Waals surface area contributed by atoms with Crippen molar-refractivity contribution in [3.63, 3.8) is 0 Å². The van der Waals surface area contributed by atoms with Gasteiger partial charge in [0.2, 0.25) is 5.91 Å². The van der Waals surface area contributed by atoms with Crippen LogP contribution in [-0.2, 0) is 4.79 Å². The van der Waals surface area contributed by atoms with Crippen molar-refractivity contribution in [3.8, 4) is 0 Å². The first kappa shape index (κ1) is 14.5. The molecule has 0 bridgehead atoms. The summed E-state index contributed by atoms with van der Waals surface area (Å²) < 4.78 is 0. The summed E-state index contributed by atoms with van der Waals surface area (Å²) in [6, 6.07) is 4.39. The summed E-state index contributed by atoms with van der Waals surface area (Å²) in [5.74, 6) is -0.133. The van der Waals surface area contributed by atoms with E-state index >= 15 is 0 Å². The smallest absolute Gasteiger partial charge is 0.269 e. The molecule has 2 rings (SSSR count). The van der Waals surface area contributed by atoms with Crippen molar-refractivity contribution in [1.82, 2.24) is 0 Å². The van der Waals surface area contributed by atoms with Crippen molar-refractivity contribution < 1.29 is 9.72 Å². The Balaban J connectivity index is 2.02. The third-order valence-corrected chi connectivity index (χ3v) is 3.81. The second kappa shape index (κ2) is 5.58. The number of benzene rings is 1. The van der Waals surface area contributed by atoms with Crippen molar-refractivity contribution in [1.29, 1.82) is 0 Å². The second-order valence-corrected chi connectivity index (χ2v) is 5.55. The molecule has 6 nitrogen and oxygen atoms in total. The quantitative estimate of drug-likeness (QED) is 0.652. The van der Waals surface area contributed by atoms with Crippen LogP contribution < -0.4 is 11.1 Å². The summed E-state index contributed by atoms with van der Waals surface area (Å²) in [6.45, 7) is 1.73. The number of hydrogen-bond donors (Lipinski definition) is 2. The lowest BCUT2D eigenvalue weighted by Gasteiger charge is -2.22. The Labute approximate surface area is 117 Å². The van der Waals surface area contributed by atoms with Crippen molar-refractivity contribution in [3.05, 3.63) is 33.9 Å². The molecular formula is C14H19N3O3. The molecule has 1 aliphatic carbocycles. The molecule has 1 aromatic carbocycles. The fraction of sp³-hybridized carbons (Fsp3) is 0.500. The number of rotatable bonds is 4. The number of hydrogen-bond acceptors (Lipinski definition) is 4. The second-order valence-electron chi connectivity index (χ2n) is 5.55. The molecule has 0 unspecified atom stereocenters. The van der Waals surface area contributed by atoms with E-state index in [2.05, 4.69) is 5.32 Å². The Kier molecular flexibility index (Phi) is 4.04. The highest BCUT2D eigenvalue weighted by atomic mass is 16.6. The van der Waals surface area contributed by atoms with Crippen LogP contribution in [0.3, 0.4) is 0 Å². The summed E-state index contributed by atoms with van der Waals surface area (Å²) in [5.41, 5.74) is 7.07. The van der Waals surface area contributed by atoms with Gasteiger partial charge in [-0.15, -0.1) is 0 Å². The topological polar surface area (TPSA) is 98.3 Å². The molecule has 3 N–H and O–H groups in total. The van der Waals surface area contributed by atoms with Gasteiger partial charge in [-0.2, -0.15) is 0 Å². The fourth-order valence-corrected chi connectivity index (χ4v) is 2.67. The number of nitro benzene ring substituents is 1. The molecule has 1 fully saturated rings. The van der Waals surface area contributed by atoms with Crippen LogP contribution in [0.25, 0.3) is 0 Å². The lowest BCUT2D eigenvalue weighted by atomic mass is 9.94. The molecule has 0 saturated heterocycles. The van der Waals surface area contributed by atoms with Gasteiger partial charge in [-0.1, -0.05) is 12.8 Å². The third-order valence-electron chi connectivity index (χ3n) is 3.81.